The number of benzene rings is 7. The lowest BCUT2D eigenvalue weighted by Crippen LogP contribution is -2.78. The van der Waals surface area contributed by atoms with E-state index in [1.807, 2.05) is 33.8 Å². The third-order valence-electron chi connectivity index (χ3n) is 14.2. The van der Waals surface area contributed by atoms with Crippen molar-refractivity contribution in [2.24, 2.45) is 0 Å². The summed E-state index contributed by atoms with van der Waals surface area (Å²) in [6.07, 6.45) is 2.26. The zero-order chi connectivity index (χ0) is 46.3. The lowest BCUT2D eigenvalue weighted by Gasteiger charge is -2.34. The Bertz CT molecular complexity index is 3470. The summed E-state index contributed by atoms with van der Waals surface area (Å²) in [5.74, 6) is -0.356. The molecule has 0 saturated carbocycles. The molecule has 7 aromatic carbocycles. The van der Waals surface area contributed by atoms with E-state index in [0.29, 0.717) is 5.92 Å². The van der Waals surface area contributed by atoms with Gasteiger partial charge in [-0.25, -0.2) is 0 Å². The zero-order valence-electron chi connectivity index (χ0n) is 40.5. The number of para-hydroxylation sites is 1. The van der Waals surface area contributed by atoms with Crippen LogP contribution in [0.15, 0.2) is 164 Å². The largest absolute Gasteiger partial charge is 0.499 e. The normalized spacial score (nSPS) is 16.0. The summed E-state index contributed by atoms with van der Waals surface area (Å²) in [5, 5.41) is 0. The number of imidazole rings is 1. The molecule has 5 heterocycles. The molecule has 4 nitrogen and oxygen atoms in total. The molecule has 1 atom stereocenters. The molecule has 3 aliphatic rings. The van der Waals surface area contributed by atoms with E-state index in [2.05, 4.69) is 199 Å². The van der Waals surface area contributed by atoms with Gasteiger partial charge in [-0.1, -0.05) is 159 Å². The van der Waals surface area contributed by atoms with E-state index in [-0.39, 0.29) is 5.92 Å². The molecule has 0 radical (unpaired) electrons. The Morgan fingerprint density at radius 1 is 0.523 bits per heavy atom. The number of pyridine rings is 1. The van der Waals surface area contributed by atoms with Gasteiger partial charge in [-0.2, -0.15) is 4.57 Å². The summed E-state index contributed by atoms with van der Waals surface area (Å²) >= 11 is 0. The highest BCUT2D eigenvalue weighted by Gasteiger charge is 2.69. The van der Waals surface area contributed by atoms with E-state index < -0.39 is 17.6 Å². The van der Waals surface area contributed by atoms with E-state index >= 15 is 0 Å². The van der Waals surface area contributed by atoms with Crippen LogP contribution in [0, 0.1) is 0 Å². The summed E-state index contributed by atoms with van der Waals surface area (Å²) < 4.78 is 33.8. The minimum Gasteiger partial charge on any atom is -0.392 e. The molecule has 1 spiro atoms. The first-order valence-electron chi connectivity index (χ1n) is 24.2. The maximum atomic E-state index is 9.21. The quantitative estimate of drug-likeness (QED) is 0.140. The van der Waals surface area contributed by atoms with Crippen LogP contribution in [0.25, 0.3) is 83.9 Å². The van der Waals surface area contributed by atoms with Crippen LogP contribution in [0.2, 0.25) is 0 Å². The average molecular weight is 848 g/mol. The molecule has 0 fully saturated rings. The standard InChI is InChI=1S/C61H55N3O/c1-36(2)44-31-50(39(7)8)59-53(32-44)60-63(46-27-25-42(26-28-46)56-47(37(3)4)21-15-22-48(56)38(5)6)54-24-16-23-49-51-33-45(41-19-13-10-14-20-41)34-52-55-35-43(40-17-11-9-12-18-40)29-30-62(55)61(65-59,57(51)52)64(60)58(49)54/h9-39H,1-8H3/q+2/i37D,38D. The number of fused-ring (bicyclic) bond motifs is 5. The summed E-state index contributed by atoms with van der Waals surface area (Å²) in [6.45, 7) is 16.9. The van der Waals surface area contributed by atoms with E-state index in [0.717, 1.165) is 84.1 Å². The van der Waals surface area contributed by atoms with E-state index in [1.54, 1.807) is 0 Å². The highest BCUT2D eigenvalue weighted by atomic mass is 16.5. The van der Waals surface area contributed by atoms with Crippen molar-refractivity contribution in [2.45, 2.75) is 84.9 Å². The number of aromatic nitrogens is 3. The van der Waals surface area contributed by atoms with Gasteiger partial charge < -0.3 is 4.74 Å². The molecule has 9 aromatic rings. The first-order chi connectivity index (χ1) is 32.1. The summed E-state index contributed by atoms with van der Waals surface area (Å²) in [4.78, 5) is 0. The van der Waals surface area contributed by atoms with Crippen LogP contribution in [-0.2, 0) is 5.85 Å². The van der Waals surface area contributed by atoms with Crippen molar-refractivity contribution >= 4 is 11.0 Å². The molecule has 2 aromatic heterocycles. The maximum Gasteiger partial charge on any atom is 0.499 e. The Morgan fingerprint density at radius 2 is 1.17 bits per heavy atom. The lowest BCUT2D eigenvalue weighted by molar-refractivity contribution is -0.997. The lowest BCUT2D eigenvalue weighted by atomic mass is 9.85. The molecular formula is C61H55N3O+2. The molecular weight excluding hydrogens is 791 g/mol. The second-order valence-corrected chi connectivity index (χ2v) is 19.3. The SMILES string of the molecule is [2H]C(C)(C)c1cccc(C([2H])(C)C)c1-c1ccc(-n2c3[n+]4c5c(cccc52)-c2cc(-c5ccccc5)cc5c2C4(Oc2c-3cc(C(C)C)cc2C(C)C)[n+]2ccc(-c3ccccc3)cc2-5)cc1. The van der Waals surface area contributed by atoms with Gasteiger partial charge in [0.2, 0.25) is 5.69 Å². The Balaban J connectivity index is 1.21. The second kappa shape index (κ2) is 14.5. The zero-order valence-corrected chi connectivity index (χ0v) is 38.5. The highest BCUT2D eigenvalue weighted by Crippen LogP contribution is 2.56. The van der Waals surface area contributed by atoms with Crippen LogP contribution >= 0.6 is 0 Å². The molecule has 0 bridgehead atoms. The number of nitrogens with zero attached hydrogens (tertiary/aromatic N) is 3. The fraction of sp³-hybridized carbons (Fsp3) is 0.213. The van der Waals surface area contributed by atoms with Crippen LogP contribution in [0.3, 0.4) is 0 Å². The van der Waals surface area contributed by atoms with Gasteiger partial charge in [0.1, 0.15) is 16.8 Å². The fourth-order valence-electron chi connectivity index (χ4n) is 11.1. The number of hydrogen-bond acceptors (Lipinski definition) is 1. The minimum absolute atomic E-state index is 0.189. The van der Waals surface area contributed by atoms with Crippen molar-refractivity contribution in [1.29, 1.82) is 0 Å². The van der Waals surface area contributed by atoms with Crippen molar-refractivity contribution in [3.05, 3.63) is 192 Å². The van der Waals surface area contributed by atoms with Gasteiger partial charge in [0.15, 0.2) is 23.0 Å². The van der Waals surface area contributed by atoms with Gasteiger partial charge in [-0.15, -0.1) is 9.13 Å². The Labute approximate surface area is 385 Å². The summed E-state index contributed by atoms with van der Waals surface area (Å²) in [7, 11) is 0. The molecule has 0 aliphatic carbocycles. The number of ether oxygens (including phenoxy) is 1. The first-order valence-corrected chi connectivity index (χ1v) is 23.2. The Hall–Kier alpha value is -7.04. The van der Waals surface area contributed by atoms with E-state index in [9.17, 15) is 2.74 Å². The molecule has 0 amide bonds. The van der Waals surface area contributed by atoms with Crippen LogP contribution in [-0.4, -0.2) is 4.57 Å². The second-order valence-electron chi connectivity index (χ2n) is 19.3. The van der Waals surface area contributed by atoms with Crippen molar-refractivity contribution < 1.29 is 16.6 Å². The Morgan fingerprint density at radius 3 is 1.82 bits per heavy atom. The molecule has 65 heavy (non-hydrogen) atoms. The van der Waals surface area contributed by atoms with E-state index in [1.165, 1.54) is 33.4 Å². The topological polar surface area (TPSA) is 21.9 Å². The maximum absolute atomic E-state index is 9.21. The first kappa shape index (κ1) is 37.3. The highest BCUT2D eigenvalue weighted by molar-refractivity contribution is 5.99. The molecule has 4 heteroatoms. The molecule has 3 aliphatic heterocycles. The van der Waals surface area contributed by atoms with Gasteiger partial charge in [-0.05, 0) is 122 Å². The average Bonchev–Trinajstić information content (AvgIpc) is 3.82. The summed E-state index contributed by atoms with van der Waals surface area (Å²) in [6, 6.07) is 57.3. The predicted molar refractivity (Wildman–Crippen MR) is 266 cm³/mol. The molecule has 318 valence electrons. The number of hydrogen-bond donors (Lipinski definition) is 0. The van der Waals surface area contributed by atoms with Crippen molar-refractivity contribution in [2.75, 3.05) is 0 Å². The van der Waals surface area contributed by atoms with Crippen molar-refractivity contribution in [1.82, 2.24) is 4.57 Å². The van der Waals surface area contributed by atoms with Gasteiger partial charge >= 0.3 is 11.7 Å². The van der Waals surface area contributed by atoms with Gasteiger partial charge in [0.05, 0.1) is 5.56 Å². The molecule has 1 unspecified atom stereocenters. The van der Waals surface area contributed by atoms with Crippen LogP contribution < -0.4 is 13.9 Å². The number of rotatable bonds is 8. The third kappa shape index (κ3) is 5.62. The van der Waals surface area contributed by atoms with Gasteiger partial charge in [0, 0.05) is 26.0 Å². The molecule has 12 rings (SSSR count). The molecule has 0 N–H and O–H groups in total. The fourth-order valence-corrected chi connectivity index (χ4v) is 11.1. The van der Waals surface area contributed by atoms with Crippen LogP contribution in [0.4, 0.5) is 0 Å². The van der Waals surface area contributed by atoms with Gasteiger partial charge in [0.25, 0.3) is 0 Å². The summed E-state index contributed by atoms with van der Waals surface area (Å²) in [5.41, 5.74) is 21.0. The van der Waals surface area contributed by atoms with Crippen molar-refractivity contribution in [3.8, 4) is 78.6 Å². The van der Waals surface area contributed by atoms with E-state index in [4.69, 9.17) is 4.74 Å². The van der Waals surface area contributed by atoms with Crippen molar-refractivity contribution in [3.63, 3.8) is 0 Å². The molecule has 0 saturated heterocycles. The Kier molecular flexibility index (Phi) is 8.32. The monoisotopic (exact) mass is 847 g/mol. The third-order valence-corrected chi connectivity index (χ3v) is 14.2. The van der Waals surface area contributed by atoms with Crippen LogP contribution in [0.5, 0.6) is 5.75 Å². The minimum atomic E-state index is -1.10. The van der Waals surface area contributed by atoms with Gasteiger partial charge in [-0.3, -0.25) is 0 Å². The predicted octanol–water partition coefficient (Wildman–Crippen LogP) is 14.9. The van der Waals surface area contributed by atoms with Crippen LogP contribution in [0.1, 0.15) is 110 Å². The smallest absolute Gasteiger partial charge is 0.392 e.